The average molecular weight is 287 g/mol. The monoisotopic (exact) mass is 286 g/mol. The highest BCUT2D eigenvalue weighted by Gasteiger charge is 2.13. The van der Waals surface area contributed by atoms with Gasteiger partial charge in [-0.3, -0.25) is 0 Å². The quantitative estimate of drug-likeness (QED) is 0.906. The number of halogens is 1. The maximum Gasteiger partial charge on any atom is 0.0511 e. The molecular formula is C11H15BrN2S. The molecule has 2 rings (SSSR count). The van der Waals surface area contributed by atoms with Gasteiger partial charge in [-0.25, -0.2) is 0 Å². The second-order valence-electron chi connectivity index (χ2n) is 3.59. The van der Waals surface area contributed by atoms with Crippen LogP contribution in [0.25, 0.3) is 0 Å². The van der Waals surface area contributed by atoms with Crippen molar-refractivity contribution in [2.75, 3.05) is 29.5 Å². The van der Waals surface area contributed by atoms with Crippen molar-refractivity contribution in [1.82, 2.24) is 0 Å². The molecule has 0 radical (unpaired) electrons. The summed E-state index contributed by atoms with van der Waals surface area (Å²) in [6.45, 7) is 2.89. The molecule has 1 heterocycles. The van der Waals surface area contributed by atoms with Crippen LogP contribution in [0, 0.1) is 0 Å². The molecule has 0 aliphatic carbocycles. The molecular weight excluding hydrogens is 272 g/mol. The third kappa shape index (κ3) is 2.68. The number of nitrogens with zero attached hydrogens (tertiary/aromatic N) is 1. The largest absolute Gasteiger partial charge is 0.369 e. The highest BCUT2D eigenvalue weighted by molar-refractivity contribution is 9.10. The summed E-state index contributed by atoms with van der Waals surface area (Å²) in [5.74, 6) is 2.45. The van der Waals surface area contributed by atoms with Crippen molar-refractivity contribution in [1.29, 1.82) is 0 Å². The van der Waals surface area contributed by atoms with Gasteiger partial charge in [0.15, 0.2) is 0 Å². The van der Waals surface area contributed by atoms with E-state index in [1.165, 1.54) is 22.8 Å². The van der Waals surface area contributed by atoms with Crippen LogP contribution in [0.1, 0.15) is 5.56 Å². The van der Waals surface area contributed by atoms with Crippen LogP contribution < -0.4 is 10.6 Å². The Labute approximate surface area is 103 Å². The molecule has 0 saturated carbocycles. The van der Waals surface area contributed by atoms with Crippen LogP contribution in [0.5, 0.6) is 0 Å². The van der Waals surface area contributed by atoms with Gasteiger partial charge in [0.1, 0.15) is 0 Å². The van der Waals surface area contributed by atoms with Crippen molar-refractivity contribution in [2.24, 2.45) is 5.73 Å². The number of thioether (sulfide) groups is 1. The van der Waals surface area contributed by atoms with Gasteiger partial charge in [-0.2, -0.15) is 11.8 Å². The minimum atomic E-state index is 0.606. The van der Waals surface area contributed by atoms with Crippen LogP contribution in [-0.2, 0) is 6.54 Å². The molecule has 2 N–H and O–H groups in total. The molecule has 0 unspecified atom stereocenters. The van der Waals surface area contributed by atoms with E-state index in [2.05, 4.69) is 39.0 Å². The van der Waals surface area contributed by atoms with Crippen LogP contribution >= 0.6 is 27.7 Å². The van der Waals surface area contributed by atoms with Gasteiger partial charge < -0.3 is 10.6 Å². The van der Waals surface area contributed by atoms with Gasteiger partial charge in [0.05, 0.1) is 5.69 Å². The molecule has 0 bridgehead atoms. The zero-order chi connectivity index (χ0) is 10.7. The molecule has 1 saturated heterocycles. The lowest BCUT2D eigenvalue weighted by molar-refractivity contribution is 0.855. The van der Waals surface area contributed by atoms with Crippen molar-refractivity contribution in [2.45, 2.75) is 6.54 Å². The SMILES string of the molecule is NCc1ccc(N2CCSCC2)c(Br)c1. The molecule has 1 aliphatic heterocycles. The van der Waals surface area contributed by atoms with Gasteiger partial charge >= 0.3 is 0 Å². The van der Waals surface area contributed by atoms with Gasteiger partial charge in [-0.1, -0.05) is 6.07 Å². The van der Waals surface area contributed by atoms with E-state index < -0.39 is 0 Å². The Bertz CT molecular complexity index is 337. The number of anilines is 1. The second-order valence-corrected chi connectivity index (χ2v) is 5.67. The zero-order valence-corrected chi connectivity index (χ0v) is 11.0. The molecule has 15 heavy (non-hydrogen) atoms. The maximum absolute atomic E-state index is 5.61. The number of hydrogen-bond donors (Lipinski definition) is 1. The number of rotatable bonds is 2. The molecule has 1 aromatic rings. The Morgan fingerprint density at radius 1 is 1.33 bits per heavy atom. The number of benzene rings is 1. The van der Waals surface area contributed by atoms with Crippen molar-refractivity contribution in [3.8, 4) is 0 Å². The minimum Gasteiger partial charge on any atom is -0.369 e. The third-order valence-corrected chi connectivity index (χ3v) is 4.18. The lowest BCUT2D eigenvalue weighted by Crippen LogP contribution is -2.32. The molecule has 1 aliphatic rings. The van der Waals surface area contributed by atoms with Crippen LogP contribution in [0.3, 0.4) is 0 Å². The molecule has 0 amide bonds. The molecule has 0 spiro atoms. The minimum absolute atomic E-state index is 0.606. The van der Waals surface area contributed by atoms with Crippen LogP contribution in [0.4, 0.5) is 5.69 Å². The lowest BCUT2D eigenvalue weighted by Gasteiger charge is -2.29. The van der Waals surface area contributed by atoms with E-state index in [1.54, 1.807) is 0 Å². The van der Waals surface area contributed by atoms with E-state index in [1.807, 2.05) is 11.8 Å². The first kappa shape index (κ1) is 11.3. The third-order valence-electron chi connectivity index (χ3n) is 2.60. The van der Waals surface area contributed by atoms with E-state index in [9.17, 15) is 0 Å². The topological polar surface area (TPSA) is 29.3 Å². The van der Waals surface area contributed by atoms with E-state index in [0.29, 0.717) is 6.54 Å². The van der Waals surface area contributed by atoms with Crippen LogP contribution in [0.15, 0.2) is 22.7 Å². The summed E-state index contributed by atoms with van der Waals surface area (Å²) in [6, 6.07) is 6.40. The van der Waals surface area contributed by atoms with E-state index in [4.69, 9.17) is 5.73 Å². The van der Waals surface area contributed by atoms with Crippen molar-refractivity contribution >= 4 is 33.4 Å². The first-order valence-corrected chi connectivity index (χ1v) is 7.07. The van der Waals surface area contributed by atoms with Gasteiger partial charge in [0.2, 0.25) is 0 Å². The lowest BCUT2D eigenvalue weighted by atomic mass is 10.2. The molecule has 1 aromatic carbocycles. The predicted octanol–water partition coefficient (Wildman–Crippen LogP) is 2.46. The Hall–Kier alpha value is -0.190. The van der Waals surface area contributed by atoms with Crippen molar-refractivity contribution in [3.63, 3.8) is 0 Å². The summed E-state index contributed by atoms with van der Waals surface area (Å²) in [5.41, 5.74) is 8.09. The molecule has 82 valence electrons. The predicted molar refractivity (Wildman–Crippen MR) is 71.6 cm³/mol. The summed E-state index contributed by atoms with van der Waals surface area (Å²) in [6.07, 6.45) is 0. The summed E-state index contributed by atoms with van der Waals surface area (Å²) in [7, 11) is 0. The van der Waals surface area contributed by atoms with Crippen molar-refractivity contribution < 1.29 is 0 Å². The van der Waals surface area contributed by atoms with Crippen molar-refractivity contribution in [3.05, 3.63) is 28.2 Å². The molecule has 1 fully saturated rings. The van der Waals surface area contributed by atoms with Gasteiger partial charge in [0, 0.05) is 35.6 Å². The standard InChI is InChI=1S/C11H15BrN2S/c12-10-7-9(8-13)1-2-11(10)14-3-5-15-6-4-14/h1-2,7H,3-6,8,13H2. The van der Waals surface area contributed by atoms with Gasteiger partial charge in [-0.15, -0.1) is 0 Å². The fraction of sp³-hybridized carbons (Fsp3) is 0.455. The normalized spacial score (nSPS) is 16.8. The summed E-state index contributed by atoms with van der Waals surface area (Å²) in [5, 5.41) is 0. The summed E-state index contributed by atoms with van der Waals surface area (Å²) in [4.78, 5) is 2.43. The Balaban J connectivity index is 2.19. The number of hydrogen-bond acceptors (Lipinski definition) is 3. The second kappa shape index (κ2) is 5.23. The maximum atomic E-state index is 5.61. The van der Waals surface area contributed by atoms with Gasteiger partial charge in [-0.05, 0) is 33.6 Å². The fourth-order valence-corrected chi connectivity index (χ4v) is 3.32. The summed E-state index contributed by atoms with van der Waals surface area (Å²) >= 11 is 5.65. The first-order chi connectivity index (χ1) is 7.31. The summed E-state index contributed by atoms with van der Waals surface area (Å²) < 4.78 is 1.16. The average Bonchev–Trinajstić information content (AvgIpc) is 2.30. The Morgan fingerprint density at radius 3 is 2.67 bits per heavy atom. The Kier molecular flexibility index (Phi) is 3.94. The molecule has 0 atom stereocenters. The smallest absolute Gasteiger partial charge is 0.0511 e. The molecule has 4 heteroatoms. The van der Waals surface area contributed by atoms with Crippen LogP contribution in [0.2, 0.25) is 0 Å². The Morgan fingerprint density at radius 2 is 2.07 bits per heavy atom. The first-order valence-electron chi connectivity index (χ1n) is 5.12. The van der Waals surface area contributed by atoms with Gasteiger partial charge in [0.25, 0.3) is 0 Å². The highest BCUT2D eigenvalue weighted by atomic mass is 79.9. The van der Waals surface area contributed by atoms with E-state index in [-0.39, 0.29) is 0 Å². The number of nitrogens with two attached hydrogens (primary N) is 1. The highest BCUT2D eigenvalue weighted by Crippen LogP contribution is 2.29. The van der Waals surface area contributed by atoms with E-state index >= 15 is 0 Å². The van der Waals surface area contributed by atoms with E-state index in [0.717, 1.165) is 17.6 Å². The van der Waals surface area contributed by atoms with Crippen LogP contribution in [-0.4, -0.2) is 24.6 Å². The molecule has 2 nitrogen and oxygen atoms in total. The fourth-order valence-electron chi connectivity index (χ4n) is 1.74. The molecule has 0 aromatic heterocycles. The zero-order valence-electron chi connectivity index (χ0n) is 8.58.